The Morgan fingerprint density at radius 1 is 1.55 bits per heavy atom. The van der Waals surface area contributed by atoms with Crippen LogP contribution in [0.25, 0.3) is 0 Å². The number of amides is 1. The third-order valence-corrected chi connectivity index (χ3v) is 0.660. The number of hydrogen-bond acceptors (Lipinski definition) is 3. The quantitative estimate of drug-likeness (QED) is 0.469. The van der Waals surface area contributed by atoms with Crippen molar-refractivity contribution in [3.05, 3.63) is 0 Å². The molecule has 0 bridgehead atoms. The molecule has 66 valence electrons. The molecule has 0 saturated carbocycles. The van der Waals surface area contributed by atoms with Gasteiger partial charge in [0.15, 0.2) is 0 Å². The molecule has 5 heteroatoms. The molecule has 11 heavy (non-hydrogen) atoms. The second-order valence-corrected chi connectivity index (χ2v) is 1.92. The first-order chi connectivity index (χ1) is 4.91. The Morgan fingerprint density at radius 2 is 1.82 bits per heavy atom. The highest BCUT2D eigenvalue weighted by molar-refractivity contribution is 5.80. The minimum Gasteiger partial charge on any atom is -0.481 e. The van der Waals surface area contributed by atoms with E-state index in [1.54, 1.807) is 14.0 Å². The Labute approximate surface area is 65.6 Å². The third kappa shape index (κ3) is 17.6. The number of aliphatic carboxylic acids is 1. The van der Waals surface area contributed by atoms with Gasteiger partial charge in [-0.3, -0.25) is 9.59 Å². The van der Waals surface area contributed by atoms with E-state index in [2.05, 4.69) is 5.32 Å². The molecule has 0 fully saturated rings. The van der Waals surface area contributed by atoms with E-state index in [0.29, 0.717) is 0 Å². The highest BCUT2D eigenvalue weighted by atomic mass is 16.4. The number of carbonyl (C=O) groups is 2. The van der Waals surface area contributed by atoms with Crippen molar-refractivity contribution in [3.63, 3.8) is 0 Å². The molecular formula is C6H14N2O3. The van der Waals surface area contributed by atoms with Crippen molar-refractivity contribution in [3.8, 4) is 0 Å². The number of carbonyl (C=O) groups excluding carboxylic acids is 1. The van der Waals surface area contributed by atoms with Crippen LogP contribution in [0.1, 0.15) is 13.8 Å². The van der Waals surface area contributed by atoms with Crippen molar-refractivity contribution in [1.82, 2.24) is 5.32 Å². The minimum atomic E-state index is -0.833. The molecule has 0 aliphatic heterocycles. The zero-order valence-electron chi connectivity index (χ0n) is 6.92. The fourth-order valence-electron chi connectivity index (χ4n) is 0.228. The molecule has 0 aromatic carbocycles. The lowest BCUT2D eigenvalue weighted by atomic mass is 10.3. The normalized spacial score (nSPS) is 10.5. The monoisotopic (exact) mass is 162 g/mol. The summed E-state index contributed by atoms with van der Waals surface area (Å²) in [6, 6.07) is -0.384. The van der Waals surface area contributed by atoms with Crippen LogP contribution in [-0.4, -0.2) is 30.1 Å². The molecule has 1 atom stereocenters. The summed E-state index contributed by atoms with van der Waals surface area (Å²) in [4.78, 5) is 19.3. The smallest absolute Gasteiger partial charge is 0.300 e. The van der Waals surface area contributed by atoms with Gasteiger partial charge in [-0.1, -0.05) is 0 Å². The van der Waals surface area contributed by atoms with Crippen molar-refractivity contribution in [2.75, 3.05) is 7.05 Å². The molecule has 0 aromatic rings. The molecular weight excluding hydrogens is 148 g/mol. The predicted molar refractivity (Wildman–Crippen MR) is 41.0 cm³/mol. The van der Waals surface area contributed by atoms with Crippen LogP contribution in [-0.2, 0) is 9.59 Å². The average molecular weight is 162 g/mol. The minimum absolute atomic E-state index is 0.125. The first-order valence-corrected chi connectivity index (χ1v) is 3.08. The standard InChI is InChI=1S/C4H10N2O.C2H4O2/c1-3(5)4(7)6-2;1-2(3)4/h3H,5H2,1-2H3,(H,6,7);1H3,(H,3,4)/t3-;/m0./s1. The van der Waals surface area contributed by atoms with Gasteiger partial charge in [-0.2, -0.15) is 0 Å². The molecule has 0 aliphatic rings. The maximum Gasteiger partial charge on any atom is 0.300 e. The van der Waals surface area contributed by atoms with Crippen LogP contribution < -0.4 is 11.1 Å². The molecule has 0 spiro atoms. The van der Waals surface area contributed by atoms with Crippen LogP contribution in [0, 0.1) is 0 Å². The summed E-state index contributed by atoms with van der Waals surface area (Å²) in [5, 5.41) is 9.82. The van der Waals surface area contributed by atoms with Crippen LogP contribution in [0.3, 0.4) is 0 Å². The number of likely N-dealkylation sites (N-methyl/N-ethyl adjacent to an activating group) is 1. The molecule has 0 saturated heterocycles. The maximum atomic E-state index is 10.3. The number of hydrogen-bond donors (Lipinski definition) is 3. The van der Waals surface area contributed by atoms with Gasteiger partial charge in [0.2, 0.25) is 5.91 Å². The molecule has 5 nitrogen and oxygen atoms in total. The van der Waals surface area contributed by atoms with Gasteiger partial charge in [-0.25, -0.2) is 0 Å². The number of nitrogens with one attached hydrogen (secondary N) is 1. The molecule has 0 rings (SSSR count). The summed E-state index contributed by atoms with van der Waals surface area (Å²) in [7, 11) is 1.56. The van der Waals surface area contributed by atoms with Gasteiger partial charge in [0.05, 0.1) is 6.04 Å². The lowest BCUT2D eigenvalue weighted by molar-refractivity contribution is -0.134. The molecule has 0 aromatic heterocycles. The number of rotatable bonds is 1. The summed E-state index contributed by atoms with van der Waals surface area (Å²) < 4.78 is 0. The molecule has 4 N–H and O–H groups in total. The zero-order valence-corrected chi connectivity index (χ0v) is 6.92. The molecule has 0 radical (unpaired) electrons. The second kappa shape index (κ2) is 7.01. The van der Waals surface area contributed by atoms with Crippen LogP contribution in [0.4, 0.5) is 0 Å². The van der Waals surface area contributed by atoms with Crippen molar-refractivity contribution < 1.29 is 14.7 Å². The van der Waals surface area contributed by atoms with E-state index in [9.17, 15) is 4.79 Å². The summed E-state index contributed by atoms with van der Waals surface area (Å²) in [6.45, 7) is 2.72. The second-order valence-electron chi connectivity index (χ2n) is 1.92. The van der Waals surface area contributed by atoms with Gasteiger partial charge in [-0.15, -0.1) is 0 Å². The molecule has 1 amide bonds. The van der Waals surface area contributed by atoms with E-state index >= 15 is 0 Å². The van der Waals surface area contributed by atoms with Crippen molar-refractivity contribution >= 4 is 11.9 Å². The van der Waals surface area contributed by atoms with Gasteiger partial charge in [0.25, 0.3) is 5.97 Å². The summed E-state index contributed by atoms with van der Waals surface area (Å²) >= 11 is 0. The first kappa shape index (κ1) is 12.6. The van der Waals surface area contributed by atoms with Crippen LogP contribution in [0.5, 0.6) is 0 Å². The van der Waals surface area contributed by atoms with Crippen LogP contribution in [0.2, 0.25) is 0 Å². The van der Waals surface area contributed by atoms with Gasteiger partial charge < -0.3 is 16.2 Å². The third-order valence-electron chi connectivity index (χ3n) is 0.660. The van der Waals surface area contributed by atoms with E-state index in [1.807, 2.05) is 0 Å². The highest BCUT2D eigenvalue weighted by Crippen LogP contribution is 1.69. The summed E-state index contributed by atoms with van der Waals surface area (Å²) in [5.41, 5.74) is 5.13. The average Bonchev–Trinajstić information content (AvgIpc) is 1.85. The summed E-state index contributed by atoms with van der Waals surface area (Å²) in [5.74, 6) is -0.958. The maximum absolute atomic E-state index is 10.3. The lowest BCUT2D eigenvalue weighted by Crippen LogP contribution is -2.35. The Morgan fingerprint density at radius 3 is 1.82 bits per heavy atom. The molecule has 0 aliphatic carbocycles. The summed E-state index contributed by atoms with van der Waals surface area (Å²) in [6.07, 6.45) is 0. The van der Waals surface area contributed by atoms with Gasteiger partial charge in [0.1, 0.15) is 0 Å². The lowest BCUT2D eigenvalue weighted by Gasteiger charge is -1.99. The largest absolute Gasteiger partial charge is 0.481 e. The predicted octanol–water partition coefficient (Wildman–Crippen LogP) is -0.829. The Kier molecular flexibility index (Phi) is 8.01. The fourth-order valence-corrected chi connectivity index (χ4v) is 0.228. The van der Waals surface area contributed by atoms with Crippen LogP contribution >= 0.6 is 0 Å². The molecule has 0 heterocycles. The fraction of sp³-hybridized carbons (Fsp3) is 0.667. The van der Waals surface area contributed by atoms with Crippen molar-refractivity contribution in [2.45, 2.75) is 19.9 Å². The van der Waals surface area contributed by atoms with Gasteiger partial charge in [-0.05, 0) is 6.92 Å². The Bertz CT molecular complexity index is 130. The van der Waals surface area contributed by atoms with Gasteiger partial charge >= 0.3 is 0 Å². The number of carboxylic acids is 1. The number of carboxylic acid groups (broad SMARTS) is 1. The zero-order chi connectivity index (χ0) is 9.44. The number of nitrogens with two attached hydrogens (primary N) is 1. The van der Waals surface area contributed by atoms with Gasteiger partial charge in [0, 0.05) is 14.0 Å². The first-order valence-electron chi connectivity index (χ1n) is 3.08. The highest BCUT2D eigenvalue weighted by Gasteiger charge is 2.00. The van der Waals surface area contributed by atoms with E-state index < -0.39 is 5.97 Å². The van der Waals surface area contributed by atoms with E-state index in [1.165, 1.54) is 0 Å². The van der Waals surface area contributed by atoms with E-state index in [0.717, 1.165) is 6.92 Å². The van der Waals surface area contributed by atoms with Crippen LogP contribution in [0.15, 0.2) is 0 Å². The Hall–Kier alpha value is -1.10. The van der Waals surface area contributed by atoms with E-state index in [-0.39, 0.29) is 11.9 Å². The SMILES string of the molecule is CC(=O)O.CNC(=O)[C@H](C)N. The van der Waals surface area contributed by atoms with Crippen molar-refractivity contribution in [1.29, 1.82) is 0 Å². The molecule has 0 unspecified atom stereocenters. The Balaban J connectivity index is 0. The topological polar surface area (TPSA) is 92.4 Å². The van der Waals surface area contributed by atoms with Crippen molar-refractivity contribution in [2.24, 2.45) is 5.73 Å². The van der Waals surface area contributed by atoms with E-state index in [4.69, 9.17) is 15.6 Å².